The molecule has 0 radical (unpaired) electrons. The van der Waals surface area contributed by atoms with Gasteiger partial charge in [-0.05, 0) is 37.6 Å². The summed E-state index contributed by atoms with van der Waals surface area (Å²) in [6.07, 6.45) is 2.43. The summed E-state index contributed by atoms with van der Waals surface area (Å²) in [7, 11) is 1.92. The van der Waals surface area contributed by atoms with Gasteiger partial charge in [0.2, 0.25) is 5.91 Å². The Bertz CT molecular complexity index is 422. The van der Waals surface area contributed by atoms with Crippen molar-refractivity contribution in [2.45, 2.75) is 25.3 Å². The maximum absolute atomic E-state index is 13.0. The molecular formula is C14H19FN2O. The van der Waals surface area contributed by atoms with Crippen LogP contribution in [-0.4, -0.2) is 37.0 Å². The quantitative estimate of drug-likeness (QED) is 0.883. The number of likely N-dealkylation sites (tertiary alicyclic amines) is 1. The number of amides is 1. The van der Waals surface area contributed by atoms with Crippen LogP contribution in [0.25, 0.3) is 0 Å². The summed E-state index contributed by atoms with van der Waals surface area (Å²) in [5, 5.41) is 3.21. The Kier molecular flexibility index (Phi) is 4.31. The number of hydrogen-bond donors (Lipinski definition) is 1. The molecule has 1 saturated heterocycles. The second-order valence-corrected chi connectivity index (χ2v) is 4.77. The fourth-order valence-electron chi connectivity index (χ4n) is 2.37. The van der Waals surface area contributed by atoms with E-state index in [2.05, 4.69) is 5.32 Å². The van der Waals surface area contributed by atoms with Gasteiger partial charge < -0.3 is 10.2 Å². The van der Waals surface area contributed by atoms with Crippen molar-refractivity contribution in [3.63, 3.8) is 0 Å². The normalized spacial score (nSPS) is 19.9. The number of piperidine rings is 1. The Morgan fingerprint density at radius 1 is 1.56 bits per heavy atom. The zero-order chi connectivity index (χ0) is 13.0. The second kappa shape index (κ2) is 5.96. The molecule has 0 aromatic heterocycles. The number of benzene rings is 1. The van der Waals surface area contributed by atoms with E-state index in [-0.39, 0.29) is 18.1 Å². The van der Waals surface area contributed by atoms with E-state index in [9.17, 15) is 9.18 Å². The SMILES string of the molecule is CN[C@H]1CCCN(C(=O)Cc2cccc(F)c2)C1. The van der Waals surface area contributed by atoms with Crippen LogP contribution in [-0.2, 0) is 11.2 Å². The zero-order valence-corrected chi connectivity index (χ0v) is 10.7. The van der Waals surface area contributed by atoms with Crippen molar-refractivity contribution < 1.29 is 9.18 Å². The van der Waals surface area contributed by atoms with Gasteiger partial charge in [0.15, 0.2) is 0 Å². The first-order chi connectivity index (χ1) is 8.69. The van der Waals surface area contributed by atoms with E-state index in [1.54, 1.807) is 12.1 Å². The molecule has 1 atom stereocenters. The molecule has 1 aromatic carbocycles. The van der Waals surface area contributed by atoms with E-state index in [1.165, 1.54) is 12.1 Å². The topological polar surface area (TPSA) is 32.3 Å². The highest BCUT2D eigenvalue weighted by Crippen LogP contribution is 2.12. The van der Waals surface area contributed by atoms with Crippen LogP contribution >= 0.6 is 0 Å². The second-order valence-electron chi connectivity index (χ2n) is 4.77. The summed E-state index contributed by atoms with van der Waals surface area (Å²) in [6.45, 7) is 1.57. The molecule has 1 N–H and O–H groups in total. The fraction of sp³-hybridized carbons (Fsp3) is 0.500. The molecule has 0 bridgehead atoms. The number of rotatable bonds is 3. The highest BCUT2D eigenvalue weighted by atomic mass is 19.1. The molecule has 2 rings (SSSR count). The molecule has 1 heterocycles. The summed E-state index contributed by atoms with van der Waals surface area (Å²) in [5.74, 6) is -0.201. The van der Waals surface area contributed by atoms with E-state index in [4.69, 9.17) is 0 Å². The Balaban J connectivity index is 1.95. The number of halogens is 1. The van der Waals surface area contributed by atoms with Gasteiger partial charge in [0, 0.05) is 19.1 Å². The molecule has 98 valence electrons. The molecule has 1 fully saturated rings. The van der Waals surface area contributed by atoms with Gasteiger partial charge >= 0.3 is 0 Å². The Morgan fingerprint density at radius 2 is 2.39 bits per heavy atom. The Labute approximate surface area is 107 Å². The number of carbonyl (C=O) groups is 1. The minimum Gasteiger partial charge on any atom is -0.341 e. The maximum atomic E-state index is 13.0. The molecule has 1 amide bonds. The van der Waals surface area contributed by atoms with Crippen LogP contribution in [0.15, 0.2) is 24.3 Å². The van der Waals surface area contributed by atoms with Gasteiger partial charge in [-0.3, -0.25) is 4.79 Å². The fourth-order valence-corrected chi connectivity index (χ4v) is 2.37. The number of nitrogens with zero attached hydrogens (tertiary/aromatic N) is 1. The van der Waals surface area contributed by atoms with Gasteiger partial charge in [-0.2, -0.15) is 0 Å². The van der Waals surface area contributed by atoms with Crippen molar-refractivity contribution in [2.75, 3.05) is 20.1 Å². The maximum Gasteiger partial charge on any atom is 0.227 e. The minimum atomic E-state index is -0.285. The lowest BCUT2D eigenvalue weighted by atomic mass is 10.0. The zero-order valence-electron chi connectivity index (χ0n) is 10.7. The van der Waals surface area contributed by atoms with Crippen LogP contribution in [0, 0.1) is 5.82 Å². The smallest absolute Gasteiger partial charge is 0.227 e. The highest BCUT2D eigenvalue weighted by molar-refractivity contribution is 5.78. The molecule has 3 nitrogen and oxygen atoms in total. The molecule has 0 spiro atoms. The third kappa shape index (κ3) is 3.29. The summed E-state index contributed by atoms with van der Waals surface area (Å²) >= 11 is 0. The van der Waals surface area contributed by atoms with E-state index in [1.807, 2.05) is 11.9 Å². The van der Waals surface area contributed by atoms with Crippen molar-refractivity contribution in [3.8, 4) is 0 Å². The number of carbonyl (C=O) groups excluding carboxylic acids is 1. The molecule has 0 aliphatic carbocycles. The van der Waals surface area contributed by atoms with E-state index in [0.29, 0.717) is 6.04 Å². The third-order valence-electron chi connectivity index (χ3n) is 3.43. The molecule has 1 aliphatic heterocycles. The van der Waals surface area contributed by atoms with Gasteiger partial charge in [-0.25, -0.2) is 4.39 Å². The lowest BCUT2D eigenvalue weighted by Gasteiger charge is -2.32. The predicted molar refractivity (Wildman–Crippen MR) is 68.8 cm³/mol. The largest absolute Gasteiger partial charge is 0.341 e. The van der Waals surface area contributed by atoms with Crippen molar-refractivity contribution in [2.24, 2.45) is 0 Å². The standard InChI is InChI=1S/C14H19FN2O/c1-16-13-6-3-7-17(10-13)14(18)9-11-4-2-5-12(15)8-11/h2,4-5,8,13,16H,3,6-7,9-10H2,1H3/t13-/m0/s1. The van der Waals surface area contributed by atoms with E-state index in [0.717, 1.165) is 31.5 Å². The molecule has 1 aromatic rings. The molecule has 4 heteroatoms. The number of hydrogen-bond acceptors (Lipinski definition) is 2. The lowest BCUT2D eigenvalue weighted by molar-refractivity contribution is -0.131. The summed E-state index contributed by atoms with van der Waals surface area (Å²) in [5.41, 5.74) is 0.742. The predicted octanol–water partition coefficient (Wildman–Crippen LogP) is 1.58. The number of likely N-dealkylation sites (N-methyl/N-ethyl adjacent to an activating group) is 1. The first-order valence-electron chi connectivity index (χ1n) is 6.38. The van der Waals surface area contributed by atoms with Crippen LogP contribution < -0.4 is 5.32 Å². The molecule has 0 saturated carbocycles. The summed E-state index contributed by atoms with van der Waals surface area (Å²) in [4.78, 5) is 14.0. The van der Waals surface area contributed by atoms with Crippen molar-refractivity contribution >= 4 is 5.91 Å². The van der Waals surface area contributed by atoms with Gasteiger partial charge in [0.25, 0.3) is 0 Å². The van der Waals surface area contributed by atoms with Crippen molar-refractivity contribution in [3.05, 3.63) is 35.6 Å². The van der Waals surface area contributed by atoms with Crippen LogP contribution in [0.4, 0.5) is 4.39 Å². The highest BCUT2D eigenvalue weighted by Gasteiger charge is 2.22. The van der Waals surface area contributed by atoms with Crippen molar-refractivity contribution in [1.82, 2.24) is 10.2 Å². The van der Waals surface area contributed by atoms with Crippen molar-refractivity contribution in [1.29, 1.82) is 0 Å². The summed E-state index contributed by atoms with van der Waals surface area (Å²) < 4.78 is 13.0. The average molecular weight is 250 g/mol. The minimum absolute atomic E-state index is 0.0838. The Morgan fingerprint density at radius 3 is 3.11 bits per heavy atom. The van der Waals surface area contributed by atoms with Crippen LogP contribution in [0.3, 0.4) is 0 Å². The molecule has 0 unspecified atom stereocenters. The number of nitrogens with one attached hydrogen (secondary N) is 1. The molecular weight excluding hydrogens is 231 g/mol. The molecule has 1 aliphatic rings. The first-order valence-corrected chi connectivity index (χ1v) is 6.38. The summed E-state index contributed by atoms with van der Waals surface area (Å²) in [6, 6.07) is 6.64. The van der Waals surface area contributed by atoms with Crippen LogP contribution in [0.1, 0.15) is 18.4 Å². The monoisotopic (exact) mass is 250 g/mol. The van der Waals surface area contributed by atoms with Gasteiger partial charge in [-0.1, -0.05) is 12.1 Å². The lowest BCUT2D eigenvalue weighted by Crippen LogP contribution is -2.47. The van der Waals surface area contributed by atoms with Gasteiger partial charge in [0.05, 0.1) is 6.42 Å². The third-order valence-corrected chi connectivity index (χ3v) is 3.43. The first kappa shape index (κ1) is 13.0. The van der Waals surface area contributed by atoms with E-state index >= 15 is 0 Å². The van der Waals surface area contributed by atoms with Crippen LogP contribution in [0.5, 0.6) is 0 Å². The molecule has 18 heavy (non-hydrogen) atoms. The average Bonchev–Trinajstić information content (AvgIpc) is 2.39. The van der Waals surface area contributed by atoms with Crippen LogP contribution in [0.2, 0.25) is 0 Å². The Hall–Kier alpha value is -1.42. The van der Waals surface area contributed by atoms with Gasteiger partial charge in [0.1, 0.15) is 5.82 Å². The van der Waals surface area contributed by atoms with E-state index < -0.39 is 0 Å². The van der Waals surface area contributed by atoms with Gasteiger partial charge in [-0.15, -0.1) is 0 Å².